The molecule has 1 fully saturated rings. The summed E-state index contributed by atoms with van der Waals surface area (Å²) in [6.45, 7) is 3.31. The molecule has 0 bridgehead atoms. The molecule has 2 aliphatic rings. The second-order valence-electron chi connectivity index (χ2n) is 8.02. The predicted octanol–water partition coefficient (Wildman–Crippen LogP) is 4.81. The van der Waals surface area contributed by atoms with E-state index in [0.29, 0.717) is 11.3 Å². The van der Waals surface area contributed by atoms with Crippen molar-refractivity contribution >= 4 is 5.97 Å². The highest BCUT2D eigenvalue weighted by molar-refractivity contribution is 5.92. The van der Waals surface area contributed by atoms with Gasteiger partial charge in [0.1, 0.15) is 23.2 Å². The lowest BCUT2D eigenvalue weighted by Gasteiger charge is -2.26. The zero-order valence-corrected chi connectivity index (χ0v) is 18.8. The van der Waals surface area contributed by atoms with Crippen LogP contribution in [-0.2, 0) is 20.4 Å². The average molecular weight is 486 g/mol. The summed E-state index contributed by atoms with van der Waals surface area (Å²) in [6, 6.07) is 8.61. The molecule has 11 heteroatoms. The van der Waals surface area contributed by atoms with Crippen LogP contribution < -0.4 is 10.5 Å². The van der Waals surface area contributed by atoms with E-state index >= 15 is 0 Å². The van der Waals surface area contributed by atoms with Crippen LogP contribution in [0.25, 0.3) is 0 Å². The molecule has 2 N–H and O–H groups in total. The third-order valence-corrected chi connectivity index (χ3v) is 5.54. The van der Waals surface area contributed by atoms with Gasteiger partial charge in [-0.15, -0.1) is 0 Å². The van der Waals surface area contributed by atoms with Gasteiger partial charge in [0.05, 0.1) is 23.8 Å². The maximum absolute atomic E-state index is 13.3. The van der Waals surface area contributed by atoms with Gasteiger partial charge in [0.25, 0.3) is 0 Å². The fourth-order valence-electron chi connectivity index (χ4n) is 3.74. The van der Waals surface area contributed by atoms with Gasteiger partial charge >= 0.3 is 18.2 Å². The fourth-order valence-corrected chi connectivity index (χ4v) is 3.74. The van der Waals surface area contributed by atoms with Crippen LogP contribution in [0.2, 0.25) is 0 Å². The van der Waals surface area contributed by atoms with E-state index in [2.05, 4.69) is 9.97 Å². The number of hydrogen-bond acceptors (Lipinski definition) is 8. The minimum absolute atomic E-state index is 0.0302. The molecule has 35 heavy (non-hydrogen) atoms. The molecule has 0 saturated heterocycles. The molecular weight excluding hydrogens is 465 g/mol. The lowest BCUT2D eigenvalue weighted by atomic mass is 9.83. The summed E-state index contributed by atoms with van der Waals surface area (Å²) in [6.07, 6.45) is -3.10. The molecule has 1 unspecified atom stereocenters. The van der Waals surface area contributed by atoms with E-state index in [1.807, 2.05) is 6.07 Å². The smallest absolute Gasteiger partial charge is 0.433 e. The fraction of sp³-hybridized carbons (Fsp3) is 0.333. The standard InChI is InChI=1S/C24H21F3N4O4/c1-3-33-22(32)19-12(2)34-21(29)16(11-28)20(19)14-6-8-15(9-7-14)35-23-30-17(13-4-5-13)10-18(31-23)24(25,26)27/h6-10,13,20H,3-5,29H2,1-2H3. The maximum Gasteiger partial charge on any atom is 0.433 e. The molecule has 4 rings (SSSR count). The first kappa shape index (κ1) is 24.1. The van der Waals surface area contributed by atoms with Crippen LogP contribution in [0.1, 0.15) is 55.5 Å². The van der Waals surface area contributed by atoms with Crippen molar-refractivity contribution in [3.05, 3.63) is 70.1 Å². The van der Waals surface area contributed by atoms with Crippen LogP contribution in [0.5, 0.6) is 11.8 Å². The molecule has 0 amide bonds. The molecule has 2 heterocycles. The molecule has 0 radical (unpaired) electrons. The van der Waals surface area contributed by atoms with Gasteiger partial charge in [-0.2, -0.15) is 28.4 Å². The van der Waals surface area contributed by atoms with Crippen LogP contribution in [0.15, 0.2) is 53.1 Å². The van der Waals surface area contributed by atoms with Crippen molar-refractivity contribution in [1.82, 2.24) is 9.97 Å². The first-order valence-electron chi connectivity index (χ1n) is 10.8. The topological polar surface area (TPSA) is 120 Å². The van der Waals surface area contributed by atoms with E-state index in [4.69, 9.17) is 19.9 Å². The van der Waals surface area contributed by atoms with Gasteiger partial charge in [-0.25, -0.2) is 4.79 Å². The minimum Gasteiger partial charge on any atom is -0.463 e. The Kier molecular flexibility index (Phi) is 6.39. The Morgan fingerprint density at radius 2 is 1.94 bits per heavy atom. The number of halogens is 3. The highest BCUT2D eigenvalue weighted by atomic mass is 19.4. The highest BCUT2D eigenvalue weighted by Crippen LogP contribution is 2.42. The molecule has 1 aromatic heterocycles. The van der Waals surface area contributed by atoms with Gasteiger partial charge in [-0.1, -0.05) is 12.1 Å². The van der Waals surface area contributed by atoms with E-state index in [0.717, 1.165) is 18.9 Å². The van der Waals surface area contributed by atoms with Crippen molar-refractivity contribution in [3.63, 3.8) is 0 Å². The molecule has 1 aliphatic carbocycles. The average Bonchev–Trinajstić information content (AvgIpc) is 3.64. The number of allylic oxidation sites excluding steroid dienone is 2. The molecule has 1 atom stereocenters. The van der Waals surface area contributed by atoms with Crippen molar-refractivity contribution in [2.24, 2.45) is 5.73 Å². The quantitative estimate of drug-likeness (QED) is 0.578. The Labute approximate surface area is 198 Å². The molecule has 182 valence electrons. The zero-order chi connectivity index (χ0) is 25.3. The van der Waals surface area contributed by atoms with E-state index in [9.17, 15) is 23.2 Å². The minimum atomic E-state index is -4.63. The number of benzene rings is 1. The van der Waals surface area contributed by atoms with Crippen LogP contribution >= 0.6 is 0 Å². The number of hydrogen-bond donors (Lipinski definition) is 1. The molecule has 1 aliphatic heterocycles. The number of ether oxygens (including phenoxy) is 3. The number of carbonyl (C=O) groups is 1. The number of nitriles is 1. The Bertz CT molecular complexity index is 1260. The van der Waals surface area contributed by atoms with E-state index in [-0.39, 0.29) is 41.1 Å². The van der Waals surface area contributed by atoms with Crippen molar-refractivity contribution in [2.45, 2.75) is 44.7 Å². The molecule has 1 aromatic carbocycles. The maximum atomic E-state index is 13.3. The number of nitrogens with zero attached hydrogens (tertiary/aromatic N) is 3. The first-order chi connectivity index (χ1) is 16.6. The van der Waals surface area contributed by atoms with Gasteiger partial charge in [0.15, 0.2) is 5.69 Å². The highest BCUT2D eigenvalue weighted by Gasteiger charge is 2.37. The normalized spacial score (nSPS) is 18.1. The third-order valence-electron chi connectivity index (χ3n) is 5.54. The van der Waals surface area contributed by atoms with Gasteiger partial charge in [-0.3, -0.25) is 0 Å². The predicted molar refractivity (Wildman–Crippen MR) is 116 cm³/mol. The Morgan fingerprint density at radius 3 is 2.51 bits per heavy atom. The monoisotopic (exact) mass is 486 g/mol. The lowest BCUT2D eigenvalue weighted by Crippen LogP contribution is -2.25. The second kappa shape index (κ2) is 9.29. The largest absolute Gasteiger partial charge is 0.463 e. The summed E-state index contributed by atoms with van der Waals surface area (Å²) in [5, 5.41) is 9.65. The summed E-state index contributed by atoms with van der Waals surface area (Å²) < 4.78 is 55.9. The van der Waals surface area contributed by atoms with Gasteiger partial charge in [0, 0.05) is 5.92 Å². The lowest BCUT2D eigenvalue weighted by molar-refractivity contribution is -0.141. The molecule has 1 saturated carbocycles. The van der Waals surface area contributed by atoms with E-state index in [1.54, 1.807) is 26.0 Å². The first-order valence-corrected chi connectivity index (χ1v) is 10.8. The second-order valence-corrected chi connectivity index (χ2v) is 8.02. The van der Waals surface area contributed by atoms with Crippen molar-refractivity contribution in [2.75, 3.05) is 6.61 Å². The van der Waals surface area contributed by atoms with Gasteiger partial charge in [0.2, 0.25) is 5.88 Å². The Morgan fingerprint density at radius 1 is 1.26 bits per heavy atom. The molecule has 8 nitrogen and oxygen atoms in total. The van der Waals surface area contributed by atoms with E-state index < -0.39 is 29.8 Å². The number of esters is 1. The summed E-state index contributed by atoms with van der Waals surface area (Å²) in [4.78, 5) is 20.3. The van der Waals surface area contributed by atoms with Crippen molar-refractivity contribution in [3.8, 4) is 17.8 Å². The van der Waals surface area contributed by atoms with Crippen LogP contribution in [0, 0.1) is 11.3 Å². The summed E-state index contributed by atoms with van der Waals surface area (Å²) in [7, 11) is 0. The van der Waals surface area contributed by atoms with Gasteiger partial charge in [-0.05, 0) is 50.5 Å². The van der Waals surface area contributed by atoms with Crippen LogP contribution in [0.4, 0.5) is 13.2 Å². The van der Waals surface area contributed by atoms with Gasteiger partial charge < -0.3 is 19.9 Å². The van der Waals surface area contributed by atoms with E-state index in [1.165, 1.54) is 12.1 Å². The Hall–Kier alpha value is -4.07. The number of carbonyl (C=O) groups excluding carboxylic acids is 1. The Balaban J connectivity index is 1.65. The number of rotatable bonds is 6. The summed E-state index contributed by atoms with van der Waals surface area (Å²) in [5.41, 5.74) is 5.77. The van der Waals surface area contributed by atoms with Crippen molar-refractivity contribution in [1.29, 1.82) is 5.26 Å². The van der Waals surface area contributed by atoms with Crippen LogP contribution in [0.3, 0.4) is 0 Å². The molecule has 2 aromatic rings. The molecule has 0 spiro atoms. The number of nitrogens with two attached hydrogens (primary N) is 1. The number of aromatic nitrogens is 2. The SMILES string of the molecule is CCOC(=O)C1=C(C)OC(N)=C(C#N)C1c1ccc(Oc2nc(C3CC3)cc(C(F)(F)F)n2)cc1. The number of alkyl halides is 3. The van der Waals surface area contributed by atoms with Crippen LogP contribution in [-0.4, -0.2) is 22.5 Å². The van der Waals surface area contributed by atoms with Crippen molar-refractivity contribution < 1.29 is 32.2 Å². The molecular formula is C24H21F3N4O4. The third kappa shape index (κ3) is 5.06. The summed E-state index contributed by atoms with van der Waals surface area (Å²) >= 11 is 0. The summed E-state index contributed by atoms with van der Waals surface area (Å²) in [5.74, 6) is -1.29. The zero-order valence-electron chi connectivity index (χ0n) is 18.8.